The van der Waals surface area contributed by atoms with E-state index in [1.807, 2.05) is 6.08 Å². The SMILES string of the molecule is Cn1cc(N2C(C(=O)[O-])CCC2C(=O)NCC2=CCOCC2)cn1.[Na+]. The van der Waals surface area contributed by atoms with Crippen LogP contribution in [-0.2, 0) is 21.4 Å². The molecule has 2 aliphatic rings. The van der Waals surface area contributed by atoms with Crippen molar-refractivity contribution in [1.29, 1.82) is 0 Å². The van der Waals surface area contributed by atoms with Crippen molar-refractivity contribution in [3.8, 4) is 0 Å². The summed E-state index contributed by atoms with van der Waals surface area (Å²) in [5.74, 6) is -1.34. The number of aliphatic carboxylic acids is 1. The summed E-state index contributed by atoms with van der Waals surface area (Å²) in [6.07, 6.45) is 6.92. The van der Waals surface area contributed by atoms with Gasteiger partial charge in [-0.3, -0.25) is 9.48 Å². The van der Waals surface area contributed by atoms with Gasteiger partial charge in [-0.15, -0.1) is 0 Å². The molecule has 25 heavy (non-hydrogen) atoms. The van der Waals surface area contributed by atoms with Gasteiger partial charge < -0.3 is 24.9 Å². The van der Waals surface area contributed by atoms with E-state index in [1.54, 1.807) is 29.0 Å². The fraction of sp³-hybridized carbons (Fsp3) is 0.562. The minimum Gasteiger partial charge on any atom is -0.548 e. The van der Waals surface area contributed by atoms with Crippen molar-refractivity contribution >= 4 is 17.6 Å². The molecule has 3 heterocycles. The molecule has 0 bridgehead atoms. The van der Waals surface area contributed by atoms with Gasteiger partial charge in [-0.25, -0.2) is 0 Å². The second kappa shape index (κ2) is 8.84. The summed E-state index contributed by atoms with van der Waals surface area (Å²) in [6.45, 7) is 1.71. The van der Waals surface area contributed by atoms with Crippen molar-refractivity contribution in [3.63, 3.8) is 0 Å². The largest absolute Gasteiger partial charge is 1.00 e. The smallest absolute Gasteiger partial charge is 0.548 e. The third-order valence-corrected chi connectivity index (χ3v) is 4.50. The molecule has 0 saturated carbocycles. The predicted octanol–water partition coefficient (Wildman–Crippen LogP) is -4.03. The van der Waals surface area contributed by atoms with Crippen LogP contribution in [0.2, 0.25) is 0 Å². The Morgan fingerprint density at radius 2 is 2.16 bits per heavy atom. The van der Waals surface area contributed by atoms with Crippen molar-refractivity contribution in [1.82, 2.24) is 15.1 Å². The molecular weight excluding hydrogens is 335 g/mol. The van der Waals surface area contributed by atoms with Crippen LogP contribution in [0.25, 0.3) is 0 Å². The van der Waals surface area contributed by atoms with Crippen molar-refractivity contribution in [3.05, 3.63) is 24.0 Å². The van der Waals surface area contributed by atoms with Gasteiger partial charge in [0.15, 0.2) is 0 Å². The van der Waals surface area contributed by atoms with E-state index in [0.29, 0.717) is 38.3 Å². The Balaban J connectivity index is 0.00000225. The van der Waals surface area contributed by atoms with E-state index in [2.05, 4.69) is 10.4 Å². The molecule has 3 rings (SSSR count). The molecule has 1 aromatic heterocycles. The summed E-state index contributed by atoms with van der Waals surface area (Å²) < 4.78 is 6.83. The van der Waals surface area contributed by atoms with Crippen LogP contribution in [0, 0.1) is 0 Å². The number of hydrogen-bond donors (Lipinski definition) is 1. The van der Waals surface area contributed by atoms with E-state index in [9.17, 15) is 14.7 Å². The zero-order chi connectivity index (χ0) is 17.1. The van der Waals surface area contributed by atoms with Crippen LogP contribution < -0.4 is 44.9 Å². The second-order valence-electron chi connectivity index (χ2n) is 6.11. The van der Waals surface area contributed by atoms with Crippen LogP contribution >= 0.6 is 0 Å². The molecule has 0 spiro atoms. The Morgan fingerprint density at radius 1 is 1.40 bits per heavy atom. The molecule has 9 heteroatoms. The first-order valence-corrected chi connectivity index (χ1v) is 8.07. The van der Waals surface area contributed by atoms with Crippen molar-refractivity contribution in [2.45, 2.75) is 31.3 Å². The van der Waals surface area contributed by atoms with Gasteiger partial charge >= 0.3 is 29.6 Å². The van der Waals surface area contributed by atoms with Gasteiger partial charge in [0, 0.05) is 19.8 Å². The number of amides is 1. The number of carboxylic acid groups (broad SMARTS) is 1. The molecule has 1 saturated heterocycles. The number of carboxylic acids is 1. The van der Waals surface area contributed by atoms with Gasteiger partial charge in [-0.05, 0) is 19.3 Å². The van der Waals surface area contributed by atoms with Crippen LogP contribution in [0.3, 0.4) is 0 Å². The molecule has 0 aromatic carbocycles. The number of carbonyl (C=O) groups is 2. The minimum absolute atomic E-state index is 0. The predicted molar refractivity (Wildman–Crippen MR) is 84.0 cm³/mol. The van der Waals surface area contributed by atoms with Crippen molar-refractivity contribution in [2.24, 2.45) is 7.05 Å². The number of anilines is 1. The normalized spacial score (nSPS) is 22.9. The number of nitrogens with one attached hydrogen (secondary N) is 1. The van der Waals surface area contributed by atoms with Gasteiger partial charge in [-0.2, -0.15) is 5.10 Å². The molecule has 1 N–H and O–H groups in total. The van der Waals surface area contributed by atoms with Crippen LogP contribution in [-0.4, -0.2) is 53.5 Å². The maximum absolute atomic E-state index is 12.6. The molecule has 8 nitrogen and oxygen atoms in total. The number of aryl methyl sites for hydroxylation is 1. The van der Waals surface area contributed by atoms with Crippen LogP contribution in [0.15, 0.2) is 24.0 Å². The first-order chi connectivity index (χ1) is 11.6. The van der Waals surface area contributed by atoms with Gasteiger partial charge in [0.05, 0.1) is 37.1 Å². The summed E-state index contributed by atoms with van der Waals surface area (Å²) in [5, 5.41) is 18.4. The van der Waals surface area contributed by atoms with E-state index >= 15 is 0 Å². The Labute approximate surface area is 168 Å². The number of carbonyl (C=O) groups excluding carboxylic acids is 2. The zero-order valence-electron chi connectivity index (χ0n) is 14.6. The van der Waals surface area contributed by atoms with E-state index in [1.165, 1.54) is 0 Å². The van der Waals surface area contributed by atoms with E-state index in [-0.39, 0.29) is 35.5 Å². The molecule has 0 radical (unpaired) electrons. The van der Waals surface area contributed by atoms with E-state index in [4.69, 9.17) is 4.74 Å². The molecular formula is C16H21N4NaO4. The number of rotatable bonds is 5. The average Bonchev–Trinajstić information content (AvgIpc) is 3.19. The summed E-state index contributed by atoms with van der Waals surface area (Å²) in [6, 6.07) is -1.34. The fourth-order valence-corrected chi connectivity index (χ4v) is 3.25. The monoisotopic (exact) mass is 356 g/mol. The Kier molecular flexibility index (Phi) is 7.06. The quantitative estimate of drug-likeness (QED) is 0.426. The van der Waals surface area contributed by atoms with Crippen LogP contribution in [0.5, 0.6) is 0 Å². The molecule has 1 fully saturated rings. The molecule has 1 amide bonds. The van der Waals surface area contributed by atoms with Gasteiger partial charge in [0.25, 0.3) is 0 Å². The minimum atomic E-state index is -1.17. The maximum Gasteiger partial charge on any atom is 1.00 e. The van der Waals surface area contributed by atoms with Gasteiger partial charge in [0.2, 0.25) is 5.91 Å². The number of ether oxygens (including phenoxy) is 1. The van der Waals surface area contributed by atoms with E-state index < -0.39 is 18.1 Å². The Bertz CT molecular complexity index is 660. The van der Waals surface area contributed by atoms with Crippen LogP contribution in [0.1, 0.15) is 19.3 Å². The number of hydrogen-bond acceptors (Lipinski definition) is 6. The first-order valence-electron chi connectivity index (χ1n) is 8.07. The molecule has 0 aliphatic carbocycles. The topological polar surface area (TPSA) is 99.5 Å². The summed E-state index contributed by atoms with van der Waals surface area (Å²) in [4.78, 5) is 25.6. The van der Waals surface area contributed by atoms with E-state index in [0.717, 1.165) is 12.0 Å². The van der Waals surface area contributed by atoms with Crippen molar-refractivity contribution in [2.75, 3.05) is 24.7 Å². The third kappa shape index (κ3) is 4.63. The third-order valence-electron chi connectivity index (χ3n) is 4.50. The second-order valence-corrected chi connectivity index (χ2v) is 6.11. The molecule has 2 unspecified atom stereocenters. The number of aromatic nitrogens is 2. The molecule has 130 valence electrons. The number of nitrogens with zero attached hydrogens (tertiary/aromatic N) is 3. The fourth-order valence-electron chi connectivity index (χ4n) is 3.25. The van der Waals surface area contributed by atoms with Crippen LogP contribution in [0.4, 0.5) is 5.69 Å². The Morgan fingerprint density at radius 3 is 2.76 bits per heavy atom. The van der Waals surface area contributed by atoms with Gasteiger partial charge in [-0.1, -0.05) is 11.6 Å². The van der Waals surface area contributed by atoms with Gasteiger partial charge in [0.1, 0.15) is 6.04 Å². The maximum atomic E-state index is 12.6. The zero-order valence-corrected chi connectivity index (χ0v) is 16.6. The molecule has 1 aromatic rings. The summed E-state index contributed by atoms with van der Waals surface area (Å²) in [7, 11) is 1.75. The molecule has 2 atom stereocenters. The first kappa shape index (κ1) is 20.0. The average molecular weight is 356 g/mol. The summed E-state index contributed by atoms with van der Waals surface area (Å²) in [5.41, 5.74) is 1.76. The summed E-state index contributed by atoms with van der Waals surface area (Å²) >= 11 is 0. The standard InChI is InChI=1S/C16H22N4O4.Na/c1-19-10-12(9-18-19)20-13(2-3-14(20)16(22)23)15(21)17-8-11-4-6-24-7-5-11;/h4,9-10,13-14H,2-3,5-8H2,1H3,(H,17,21)(H,22,23);/q;+1/p-1. The molecule has 2 aliphatic heterocycles. The van der Waals surface area contributed by atoms with Crippen molar-refractivity contribution < 1.29 is 49.0 Å². The Hall–Kier alpha value is -1.35.